The van der Waals surface area contributed by atoms with E-state index in [0.717, 1.165) is 18.4 Å². The topological polar surface area (TPSA) is 84.2 Å². The minimum absolute atomic E-state index is 0.0160. The summed E-state index contributed by atoms with van der Waals surface area (Å²) in [5.74, 6) is -0.469. The first-order valence-electron chi connectivity index (χ1n) is 6.97. The number of rotatable bonds is 8. The minimum atomic E-state index is -0.589. The van der Waals surface area contributed by atoms with Crippen LogP contribution in [0.25, 0.3) is 0 Å². The smallest absolute Gasteiger partial charge is 0.239 e. The molecule has 0 fully saturated rings. The largest absolute Gasteiger partial charge is 0.355 e. The highest BCUT2D eigenvalue weighted by Gasteiger charge is 2.14. The predicted molar refractivity (Wildman–Crippen MR) is 79.0 cm³/mol. The molecular weight excluding hydrogens is 254 g/mol. The van der Waals surface area contributed by atoms with Gasteiger partial charge in [0.1, 0.15) is 0 Å². The van der Waals surface area contributed by atoms with Crippen LogP contribution in [0.1, 0.15) is 25.3 Å². The van der Waals surface area contributed by atoms with Crippen molar-refractivity contribution in [1.29, 1.82) is 0 Å². The van der Waals surface area contributed by atoms with Gasteiger partial charge in [-0.15, -0.1) is 0 Å². The molecule has 1 aromatic carbocycles. The van der Waals surface area contributed by atoms with Crippen LogP contribution in [0.5, 0.6) is 0 Å². The van der Waals surface area contributed by atoms with Gasteiger partial charge >= 0.3 is 0 Å². The number of carbonyl (C=O) groups excluding carboxylic acids is 2. The molecule has 0 saturated carbocycles. The van der Waals surface area contributed by atoms with E-state index >= 15 is 0 Å². The molecule has 0 radical (unpaired) electrons. The van der Waals surface area contributed by atoms with Crippen LogP contribution in [-0.2, 0) is 16.0 Å². The van der Waals surface area contributed by atoms with E-state index in [0.29, 0.717) is 13.0 Å². The van der Waals surface area contributed by atoms with Crippen molar-refractivity contribution in [3.05, 3.63) is 35.9 Å². The Kier molecular flexibility index (Phi) is 7.35. The maximum absolute atomic E-state index is 11.7. The molecule has 1 aromatic rings. The second-order valence-corrected chi connectivity index (χ2v) is 4.70. The molecule has 0 heterocycles. The van der Waals surface area contributed by atoms with E-state index in [-0.39, 0.29) is 18.4 Å². The van der Waals surface area contributed by atoms with E-state index in [1.54, 1.807) is 0 Å². The predicted octanol–water partition coefficient (Wildman–Crippen LogP) is 0.589. The lowest BCUT2D eigenvalue weighted by Gasteiger charge is -2.12. The molecule has 20 heavy (non-hydrogen) atoms. The Morgan fingerprint density at radius 1 is 1.20 bits per heavy atom. The molecule has 0 spiro atoms. The number of amides is 2. The number of benzene rings is 1. The first-order chi connectivity index (χ1) is 9.63. The first-order valence-corrected chi connectivity index (χ1v) is 6.97. The fourth-order valence-corrected chi connectivity index (χ4v) is 1.72. The van der Waals surface area contributed by atoms with Crippen LogP contribution in [-0.4, -0.2) is 30.9 Å². The lowest BCUT2D eigenvalue weighted by atomic mass is 10.1. The van der Waals surface area contributed by atoms with Gasteiger partial charge in [0.05, 0.1) is 12.6 Å². The number of nitrogens with two attached hydrogens (primary N) is 1. The lowest BCUT2D eigenvalue weighted by Crippen LogP contribution is -2.45. The minimum Gasteiger partial charge on any atom is -0.355 e. The zero-order valence-corrected chi connectivity index (χ0v) is 11.9. The summed E-state index contributed by atoms with van der Waals surface area (Å²) in [6.07, 6.45) is 2.18. The molecule has 1 atom stereocenters. The van der Waals surface area contributed by atoms with E-state index < -0.39 is 6.04 Å². The van der Waals surface area contributed by atoms with Gasteiger partial charge in [0.15, 0.2) is 0 Å². The Morgan fingerprint density at radius 2 is 1.90 bits per heavy atom. The second kappa shape index (κ2) is 9.09. The van der Waals surface area contributed by atoms with Crippen LogP contribution in [0.2, 0.25) is 0 Å². The first kappa shape index (κ1) is 16.2. The van der Waals surface area contributed by atoms with Crippen molar-refractivity contribution in [3.8, 4) is 0 Å². The maximum atomic E-state index is 11.7. The number of aryl methyl sites for hydroxylation is 1. The summed E-state index contributed by atoms with van der Waals surface area (Å²) in [5.41, 5.74) is 6.96. The highest BCUT2D eigenvalue weighted by molar-refractivity contribution is 5.87. The summed E-state index contributed by atoms with van der Waals surface area (Å²) in [7, 11) is 0. The molecule has 0 aliphatic heterocycles. The average molecular weight is 277 g/mol. The van der Waals surface area contributed by atoms with Gasteiger partial charge in [-0.3, -0.25) is 9.59 Å². The summed E-state index contributed by atoms with van der Waals surface area (Å²) in [5, 5.41) is 5.24. The van der Waals surface area contributed by atoms with E-state index in [1.165, 1.54) is 0 Å². The third-order valence-electron chi connectivity index (χ3n) is 2.92. The Morgan fingerprint density at radius 3 is 2.55 bits per heavy atom. The summed E-state index contributed by atoms with van der Waals surface area (Å²) in [6, 6.07) is 9.28. The van der Waals surface area contributed by atoms with Gasteiger partial charge in [-0.25, -0.2) is 0 Å². The monoisotopic (exact) mass is 277 g/mol. The summed E-state index contributed by atoms with van der Waals surface area (Å²) in [4.78, 5) is 23.1. The van der Waals surface area contributed by atoms with E-state index in [1.807, 2.05) is 37.3 Å². The lowest BCUT2D eigenvalue weighted by molar-refractivity contribution is -0.126. The SMILES string of the molecule is CCCNC(=O)CNC(=O)C(N)CCc1ccccc1. The normalized spacial score (nSPS) is 11.7. The highest BCUT2D eigenvalue weighted by Crippen LogP contribution is 2.03. The Bertz CT molecular complexity index is 420. The van der Waals surface area contributed by atoms with Gasteiger partial charge in [-0.2, -0.15) is 0 Å². The molecule has 1 rings (SSSR count). The van der Waals surface area contributed by atoms with Crippen molar-refractivity contribution < 1.29 is 9.59 Å². The Balaban J connectivity index is 2.24. The zero-order chi connectivity index (χ0) is 14.8. The van der Waals surface area contributed by atoms with Crippen LogP contribution in [0.3, 0.4) is 0 Å². The van der Waals surface area contributed by atoms with E-state index in [9.17, 15) is 9.59 Å². The molecule has 0 bridgehead atoms. The van der Waals surface area contributed by atoms with Gasteiger partial charge in [0.2, 0.25) is 11.8 Å². The maximum Gasteiger partial charge on any atom is 0.239 e. The highest BCUT2D eigenvalue weighted by atomic mass is 16.2. The van der Waals surface area contributed by atoms with Gasteiger partial charge in [-0.05, 0) is 24.8 Å². The Hall–Kier alpha value is -1.88. The fraction of sp³-hybridized carbons (Fsp3) is 0.467. The average Bonchev–Trinajstić information content (AvgIpc) is 2.49. The Labute approximate surface area is 119 Å². The third kappa shape index (κ3) is 6.33. The molecular formula is C15H23N3O2. The fourth-order valence-electron chi connectivity index (χ4n) is 1.72. The molecule has 4 N–H and O–H groups in total. The standard InChI is InChI=1S/C15H23N3O2/c1-2-10-17-14(19)11-18-15(20)13(16)9-8-12-6-4-3-5-7-12/h3-7,13H,2,8-11,16H2,1H3,(H,17,19)(H,18,20). The quantitative estimate of drug-likeness (QED) is 0.650. The third-order valence-corrected chi connectivity index (χ3v) is 2.92. The van der Waals surface area contributed by atoms with Crippen LogP contribution in [0.15, 0.2) is 30.3 Å². The van der Waals surface area contributed by atoms with Crippen molar-refractivity contribution in [3.63, 3.8) is 0 Å². The molecule has 5 heteroatoms. The van der Waals surface area contributed by atoms with Crippen molar-refractivity contribution in [2.75, 3.05) is 13.1 Å². The molecule has 0 aliphatic carbocycles. The molecule has 1 unspecified atom stereocenters. The molecule has 0 aromatic heterocycles. The van der Waals surface area contributed by atoms with E-state index in [4.69, 9.17) is 5.73 Å². The van der Waals surface area contributed by atoms with Crippen molar-refractivity contribution in [2.24, 2.45) is 5.73 Å². The zero-order valence-electron chi connectivity index (χ0n) is 11.9. The van der Waals surface area contributed by atoms with Gasteiger partial charge in [0, 0.05) is 6.54 Å². The second-order valence-electron chi connectivity index (χ2n) is 4.70. The van der Waals surface area contributed by atoms with Crippen LogP contribution in [0, 0.1) is 0 Å². The van der Waals surface area contributed by atoms with Crippen molar-refractivity contribution >= 4 is 11.8 Å². The molecule has 0 saturated heterocycles. The number of hydrogen-bond acceptors (Lipinski definition) is 3. The molecule has 2 amide bonds. The van der Waals surface area contributed by atoms with Crippen LogP contribution in [0.4, 0.5) is 0 Å². The van der Waals surface area contributed by atoms with Gasteiger partial charge in [-0.1, -0.05) is 37.3 Å². The number of nitrogens with one attached hydrogen (secondary N) is 2. The number of carbonyl (C=O) groups is 2. The van der Waals surface area contributed by atoms with E-state index in [2.05, 4.69) is 10.6 Å². The number of hydrogen-bond donors (Lipinski definition) is 3. The summed E-state index contributed by atoms with van der Waals surface area (Å²) < 4.78 is 0. The summed E-state index contributed by atoms with van der Waals surface area (Å²) >= 11 is 0. The van der Waals surface area contributed by atoms with Gasteiger partial charge in [0.25, 0.3) is 0 Å². The van der Waals surface area contributed by atoms with Crippen LogP contribution < -0.4 is 16.4 Å². The van der Waals surface area contributed by atoms with Crippen molar-refractivity contribution in [1.82, 2.24) is 10.6 Å². The molecule has 110 valence electrons. The van der Waals surface area contributed by atoms with Gasteiger partial charge < -0.3 is 16.4 Å². The summed E-state index contributed by atoms with van der Waals surface area (Å²) in [6.45, 7) is 2.57. The molecule has 0 aliphatic rings. The van der Waals surface area contributed by atoms with Crippen molar-refractivity contribution in [2.45, 2.75) is 32.2 Å². The molecule has 5 nitrogen and oxygen atoms in total. The van der Waals surface area contributed by atoms with Crippen LogP contribution >= 0.6 is 0 Å².